The summed E-state index contributed by atoms with van der Waals surface area (Å²) in [5, 5.41) is 8.59. The Morgan fingerprint density at radius 3 is 2.44 bits per heavy atom. The lowest BCUT2D eigenvalue weighted by Gasteiger charge is -1.98. The van der Waals surface area contributed by atoms with E-state index in [4.69, 9.17) is 5.11 Å². The van der Waals surface area contributed by atoms with Crippen molar-refractivity contribution in [3.05, 3.63) is 11.8 Å². The van der Waals surface area contributed by atoms with Crippen molar-refractivity contribution in [3.8, 4) is 0 Å². The molecule has 1 nitrogen and oxygen atoms in total. The molecule has 0 radical (unpaired) electrons. The summed E-state index contributed by atoms with van der Waals surface area (Å²) in [6.45, 7) is 4.22. The topological polar surface area (TPSA) is 20.2 Å². The molecule has 0 aromatic heterocycles. The normalized spacial score (nSPS) is 12.0. The van der Waals surface area contributed by atoms with Gasteiger partial charge in [-0.2, -0.15) is 0 Å². The molecule has 9 heavy (non-hydrogen) atoms. The number of hydrogen-bond acceptors (Lipinski definition) is 1. The fourth-order valence-electron chi connectivity index (χ4n) is 0.736. The lowest BCUT2D eigenvalue weighted by Crippen LogP contribution is -1.80. The first-order valence-electron chi connectivity index (χ1n) is 3.67. The molecule has 0 heterocycles. The molecule has 1 N–H and O–H groups in total. The van der Waals surface area contributed by atoms with Gasteiger partial charge in [0.2, 0.25) is 0 Å². The summed E-state index contributed by atoms with van der Waals surface area (Å²) < 4.78 is 0. The van der Waals surface area contributed by atoms with Crippen LogP contribution >= 0.6 is 0 Å². The van der Waals surface area contributed by atoms with Crippen molar-refractivity contribution < 1.29 is 5.11 Å². The van der Waals surface area contributed by atoms with Gasteiger partial charge in [0.1, 0.15) is 0 Å². The minimum Gasteiger partial charge on any atom is -0.516 e. The molecule has 0 saturated heterocycles. The quantitative estimate of drug-likeness (QED) is 0.577. The van der Waals surface area contributed by atoms with Gasteiger partial charge in [-0.25, -0.2) is 0 Å². The highest BCUT2D eigenvalue weighted by molar-refractivity contribution is 4.95. The third-order valence-electron chi connectivity index (χ3n) is 1.49. The van der Waals surface area contributed by atoms with Crippen LogP contribution in [0.2, 0.25) is 0 Å². The molecule has 0 bridgehead atoms. The van der Waals surface area contributed by atoms with Gasteiger partial charge in [-0.05, 0) is 24.8 Å². The lowest BCUT2D eigenvalue weighted by molar-refractivity contribution is 0.460. The fourth-order valence-corrected chi connectivity index (χ4v) is 0.736. The van der Waals surface area contributed by atoms with Gasteiger partial charge in [0, 0.05) is 0 Å². The molecule has 0 aliphatic carbocycles. The monoisotopic (exact) mass is 128 g/mol. The maximum absolute atomic E-state index is 8.59. The Labute approximate surface area is 57.4 Å². The van der Waals surface area contributed by atoms with E-state index in [1.165, 1.54) is 19.1 Å². The smallest absolute Gasteiger partial charge is 0.0783 e. The average molecular weight is 128 g/mol. The SMILES string of the molecule is CCCC/C(=C/O)CC. The summed E-state index contributed by atoms with van der Waals surface area (Å²) in [5.74, 6) is 0. The van der Waals surface area contributed by atoms with Crippen LogP contribution in [0.3, 0.4) is 0 Å². The number of unbranched alkanes of at least 4 members (excludes halogenated alkanes) is 1. The minimum absolute atomic E-state index is 0.983. The van der Waals surface area contributed by atoms with Crippen LogP contribution < -0.4 is 0 Å². The Morgan fingerprint density at radius 1 is 1.44 bits per heavy atom. The highest BCUT2D eigenvalue weighted by atomic mass is 16.2. The van der Waals surface area contributed by atoms with Gasteiger partial charge < -0.3 is 5.11 Å². The van der Waals surface area contributed by atoms with E-state index in [0.717, 1.165) is 18.4 Å². The number of aliphatic hydroxyl groups is 1. The molecule has 0 spiro atoms. The van der Waals surface area contributed by atoms with E-state index in [0.29, 0.717) is 0 Å². The summed E-state index contributed by atoms with van der Waals surface area (Å²) in [5.41, 5.74) is 1.16. The second-order valence-electron chi connectivity index (χ2n) is 2.24. The van der Waals surface area contributed by atoms with Gasteiger partial charge in [0.05, 0.1) is 6.26 Å². The third kappa shape index (κ3) is 4.07. The third-order valence-corrected chi connectivity index (χ3v) is 1.49. The summed E-state index contributed by atoms with van der Waals surface area (Å²) >= 11 is 0. The molecular formula is C8H16O. The Morgan fingerprint density at radius 2 is 2.11 bits per heavy atom. The zero-order chi connectivity index (χ0) is 7.11. The summed E-state index contributed by atoms with van der Waals surface area (Å²) in [6, 6.07) is 0. The number of aliphatic hydroxyl groups excluding tert-OH is 1. The first-order chi connectivity index (χ1) is 4.35. The van der Waals surface area contributed by atoms with Crippen molar-refractivity contribution in [2.45, 2.75) is 39.5 Å². The maximum atomic E-state index is 8.59. The second-order valence-corrected chi connectivity index (χ2v) is 2.24. The predicted molar refractivity (Wildman–Crippen MR) is 40.5 cm³/mol. The summed E-state index contributed by atoms with van der Waals surface area (Å²) in [7, 11) is 0. The molecule has 0 aromatic carbocycles. The molecule has 54 valence electrons. The lowest BCUT2D eigenvalue weighted by atomic mass is 10.1. The van der Waals surface area contributed by atoms with Crippen molar-refractivity contribution >= 4 is 0 Å². The molecule has 1 heteroatoms. The van der Waals surface area contributed by atoms with Crippen LogP contribution in [0, 0.1) is 0 Å². The van der Waals surface area contributed by atoms with Gasteiger partial charge >= 0.3 is 0 Å². The Hall–Kier alpha value is -0.460. The van der Waals surface area contributed by atoms with E-state index in [9.17, 15) is 0 Å². The largest absolute Gasteiger partial charge is 0.516 e. The second kappa shape index (κ2) is 5.67. The molecule has 0 amide bonds. The van der Waals surface area contributed by atoms with Crippen LogP contribution in [-0.2, 0) is 0 Å². The average Bonchev–Trinajstić information content (AvgIpc) is 1.91. The fraction of sp³-hybridized carbons (Fsp3) is 0.750. The number of allylic oxidation sites excluding steroid dienone is 1. The molecule has 0 aliphatic rings. The van der Waals surface area contributed by atoms with Gasteiger partial charge in [-0.1, -0.05) is 20.3 Å². The molecule has 0 rings (SSSR count). The molecule has 0 fully saturated rings. The Kier molecular flexibility index (Phi) is 5.38. The number of hydrogen-bond donors (Lipinski definition) is 1. The molecule has 0 atom stereocenters. The van der Waals surface area contributed by atoms with Gasteiger partial charge in [0.15, 0.2) is 0 Å². The van der Waals surface area contributed by atoms with Crippen LogP contribution in [0.1, 0.15) is 39.5 Å². The Bertz CT molecular complexity index is 84.6. The van der Waals surface area contributed by atoms with E-state index in [-0.39, 0.29) is 0 Å². The first-order valence-corrected chi connectivity index (χ1v) is 3.67. The maximum Gasteiger partial charge on any atom is 0.0783 e. The van der Waals surface area contributed by atoms with E-state index >= 15 is 0 Å². The zero-order valence-electron chi connectivity index (χ0n) is 6.35. The molecule has 0 saturated carbocycles. The van der Waals surface area contributed by atoms with Gasteiger partial charge in [-0.15, -0.1) is 0 Å². The zero-order valence-corrected chi connectivity index (χ0v) is 6.35. The van der Waals surface area contributed by atoms with Crippen molar-refractivity contribution in [1.82, 2.24) is 0 Å². The van der Waals surface area contributed by atoms with Crippen LogP contribution in [0.25, 0.3) is 0 Å². The van der Waals surface area contributed by atoms with Crippen LogP contribution in [0.15, 0.2) is 11.8 Å². The number of rotatable bonds is 4. The van der Waals surface area contributed by atoms with E-state index in [1.807, 2.05) is 0 Å². The Balaban J connectivity index is 3.33. The van der Waals surface area contributed by atoms with Gasteiger partial charge in [0.25, 0.3) is 0 Å². The first kappa shape index (κ1) is 8.54. The molecular weight excluding hydrogens is 112 g/mol. The van der Waals surface area contributed by atoms with Crippen molar-refractivity contribution in [2.24, 2.45) is 0 Å². The van der Waals surface area contributed by atoms with Crippen molar-refractivity contribution in [2.75, 3.05) is 0 Å². The van der Waals surface area contributed by atoms with E-state index in [1.54, 1.807) is 0 Å². The molecule has 0 unspecified atom stereocenters. The molecule has 0 aliphatic heterocycles. The highest BCUT2D eigenvalue weighted by Gasteiger charge is 1.91. The van der Waals surface area contributed by atoms with E-state index in [2.05, 4.69) is 13.8 Å². The van der Waals surface area contributed by atoms with Crippen LogP contribution in [0.4, 0.5) is 0 Å². The van der Waals surface area contributed by atoms with Crippen molar-refractivity contribution in [1.29, 1.82) is 0 Å². The predicted octanol–water partition coefficient (Wildman–Crippen LogP) is 3.03. The minimum atomic E-state index is 0.983. The standard InChI is InChI=1S/C8H16O/c1-3-5-6-8(4-2)7-9/h7,9H,3-6H2,1-2H3/b8-7+. The highest BCUT2D eigenvalue weighted by Crippen LogP contribution is 2.09. The van der Waals surface area contributed by atoms with E-state index < -0.39 is 0 Å². The van der Waals surface area contributed by atoms with Crippen LogP contribution in [0.5, 0.6) is 0 Å². The van der Waals surface area contributed by atoms with Crippen molar-refractivity contribution in [3.63, 3.8) is 0 Å². The van der Waals surface area contributed by atoms with Gasteiger partial charge in [-0.3, -0.25) is 0 Å². The summed E-state index contributed by atoms with van der Waals surface area (Å²) in [4.78, 5) is 0. The summed E-state index contributed by atoms with van der Waals surface area (Å²) in [6.07, 6.45) is 5.69. The van der Waals surface area contributed by atoms with Crippen LogP contribution in [-0.4, -0.2) is 5.11 Å². The molecule has 0 aromatic rings.